The van der Waals surface area contributed by atoms with E-state index in [2.05, 4.69) is 30.4 Å². The number of allylic oxidation sites excluding steroid dienone is 2. The van der Waals surface area contributed by atoms with Crippen LogP contribution in [-0.4, -0.2) is 23.9 Å². The Kier molecular flexibility index (Phi) is 5.34. The van der Waals surface area contributed by atoms with Crippen LogP contribution in [0.2, 0.25) is 0 Å². The van der Waals surface area contributed by atoms with Crippen LogP contribution in [0.25, 0.3) is 0 Å². The molecule has 32 heavy (non-hydrogen) atoms. The first-order valence-electron chi connectivity index (χ1n) is 12.3. The van der Waals surface area contributed by atoms with Crippen LogP contribution in [0.4, 0.5) is 5.69 Å². The smallest absolute Gasteiger partial charge is 0.228 e. The van der Waals surface area contributed by atoms with Crippen LogP contribution in [0.5, 0.6) is 5.75 Å². The van der Waals surface area contributed by atoms with E-state index in [1.807, 2.05) is 24.3 Å². The zero-order valence-electron chi connectivity index (χ0n) is 19.6. The predicted molar refractivity (Wildman–Crippen MR) is 126 cm³/mol. The summed E-state index contributed by atoms with van der Waals surface area (Å²) < 4.78 is 5.44. The van der Waals surface area contributed by atoms with E-state index in [1.54, 1.807) is 7.11 Å². The standard InChI is InChI=1S/C27H36N2O3/c1-26-14-12-18(29-31)16-17(26)8-9-19-20-10-11-22(27(20,2)15-13-21(19)26)25(30)28-23-6-4-5-7-24(23)32-3/h4-7,16,19-22,31H,8-15H2,1-3H3,(H,28,30)/b29-18+/t19?,20?,21?,22-,26+,27+/m1/s1. The van der Waals surface area contributed by atoms with Gasteiger partial charge in [0.2, 0.25) is 5.91 Å². The number of anilines is 1. The number of ether oxygens (including phenoxy) is 1. The Morgan fingerprint density at radius 2 is 1.91 bits per heavy atom. The summed E-state index contributed by atoms with van der Waals surface area (Å²) in [5.41, 5.74) is 3.38. The van der Waals surface area contributed by atoms with Gasteiger partial charge in [-0.25, -0.2) is 0 Å². The Labute approximate surface area is 191 Å². The van der Waals surface area contributed by atoms with E-state index in [-0.39, 0.29) is 22.7 Å². The molecule has 5 heteroatoms. The Morgan fingerprint density at radius 3 is 2.69 bits per heavy atom. The second kappa shape index (κ2) is 7.93. The van der Waals surface area contributed by atoms with Crippen molar-refractivity contribution in [3.05, 3.63) is 35.9 Å². The van der Waals surface area contributed by atoms with Crippen LogP contribution in [0.3, 0.4) is 0 Å². The molecular formula is C27H36N2O3. The molecule has 0 bridgehead atoms. The number of hydrogen-bond donors (Lipinski definition) is 2. The first-order chi connectivity index (χ1) is 15.4. The summed E-state index contributed by atoms with van der Waals surface area (Å²) in [6, 6.07) is 7.68. The van der Waals surface area contributed by atoms with E-state index in [4.69, 9.17) is 4.74 Å². The Balaban J connectivity index is 1.37. The fraction of sp³-hybridized carbons (Fsp3) is 0.630. The maximum absolute atomic E-state index is 13.5. The van der Waals surface area contributed by atoms with Crippen molar-refractivity contribution in [1.29, 1.82) is 0 Å². The number of hydrogen-bond acceptors (Lipinski definition) is 4. The lowest BCUT2D eigenvalue weighted by atomic mass is 9.47. The molecule has 0 saturated heterocycles. The number of amides is 1. The molecule has 5 nitrogen and oxygen atoms in total. The number of methoxy groups -OCH3 is 1. The molecule has 172 valence electrons. The Morgan fingerprint density at radius 1 is 1.09 bits per heavy atom. The van der Waals surface area contributed by atoms with Gasteiger partial charge in [0.05, 0.1) is 18.5 Å². The fourth-order valence-electron chi connectivity index (χ4n) is 8.05. The highest BCUT2D eigenvalue weighted by Crippen LogP contribution is 2.66. The Bertz CT molecular complexity index is 969. The number of nitrogens with one attached hydrogen (secondary N) is 1. The second-order valence-electron chi connectivity index (χ2n) is 11.0. The summed E-state index contributed by atoms with van der Waals surface area (Å²) in [7, 11) is 1.65. The molecule has 5 rings (SSSR count). The molecule has 3 saturated carbocycles. The van der Waals surface area contributed by atoms with E-state index >= 15 is 0 Å². The highest BCUT2D eigenvalue weighted by molar-refractivity contribution is 5.96. The van der Waals surface area contributed by atoms with Gasteiger partial charge in [0.15, 0.2) is 0 Å². The SMILES string of the molecule is COc1ccccc1NC(=O)[C@H]1CCC2C3CCC4=C/C(=N/O)CC[C@]4(C)C3CC[C@@]21C. The molecule has 1 amide bonds. The van der Waals surface area contributed by atoms with Gasteiger partial charge in [-0.1, -0.05) is 36.7 Å². The van der Waals surface area contributed by atoms with Crippen LogP contribution >= 0.6 is 0 Å². The molecule has 1 aromatic rings. The van der Waals surface area contributed by atoms with Crippen molar-refractivity contribution in [1.82, 2.24) is 0 Å². The molecule has 4 aliphatic rings. The zero-order valence-corrected chi connectivity index (χ0v) is 19.6. The number of rotatable bonds is 3. The minimum atomic E-state index is 0.0580. The highest BCUT2D eigenvalue weighted by atomic mass is 16.5. The third-order valence-electron chi connectivity index (χ3n) is 9.79. The first kappa shape index (κ1) is 21.5. The van der Waals surface area contributed by atoms with Crippen molar-refractivity contribution in [3.8, 4) is 5.75 Å². The van der Waals surface area contributed by atoms with Gasteiger partial charge in [0.1, 0.15) is 5.75 Å². The molecular weight excluding hydrogens is 400 g/mol. The molecule has 0 aromatic heterocycles. The van der Waals surface area contributed by atoms with Gasteiger partial charge in [-0.2, -0.15) is 0 Å². The number of para-hydroxylation sites is 2. The third kappa shape index (κ3) is 3.19. The molecule has 0 spiro atoms. The molecule has 0 aliphatic heterocycles. The van der Waals surface area contributed by atoms with Crippen LogP contribution in [0, 0.1) is 34.5 Å². The van der Waals surface area contributed by atoms with E-state index in [1.165, 1.54) is 18.4 Å². The predicted octanol–water partition coefficient (Wildman–Crippen LogP) is 6.04. The second-order valence-corrected chi connectivity index (χ2v) is 11.0. The Hall–Kier alpha value is -2.30. The van der Waals surface area contributed by atoms with Crippen LogP contribution in [0.1, 0.15) is 65.2 Å². The van der Waals surface area contributed by atoms with Crippen molar-refractivity contribution in [2.45, 2.75) is 65.2 Å². The first-order valence-corrected chi connectivity index (χ1v) is 12.3. The van der Waals surface area contributed by atoms with Gasteiger partial charge in [-0.3, -0.25) is 4.79 Å². The van der Waals surface area contributed by atoms with Crippen molar-refractivity contribution < 1.29 is 14.7 Å². The summed E-state index contributed by atoms with van der Waals surface area (Å²) in [4.78, 5) is 13.5. The van der Waals surface area contributed by atoms with E-state index in [0.29, 0.717) is 23.5 Å². The van der Waals surface area contributed by atoms with Crippen molar-refractivity contribution >= 4 is 17.3 Å². The zero-order chi connectivity index (χ0) is 22.5. The van der Waals surface area contributed by atoms with Crippen molar-refractivity contribution in [3.63, 3.8) is 0 Å². The molecule has 3 unspecified atom stereocenters. The monoisotopic (exact) mass is 436 g/mol. The number of fused-ring (bicyclic) bond motifs is 5. The largest absolute Gasteiger partial charge is 0.495 e. The van der Waals surface area contributed by atoms with Crippen molar-refractivity contribution in [2.75, 3.05) is 12.4 Å². The average molecular weight is 437 g/mol. The average Bonchev–Trinajstić information content (AvgIpc) is 3.16. The van der Waals surface area contributed by atoms with Gasteiger partial charge in [0, 0.05) is 5.92 Å². The minimum absolute atomic E-state index is 0.0580. The molecule has 2 N–H and O–H groups in total. The van der Waals surface area contributed by atoms with Gasteiger partial charge in [0.25, 0.3) is 0 Å². The number of benzene rings is 1. The molecule has 3 fully saturated rings. The lowest BCUT2D eigenvalue weighted by Crippen LogP contribution is -2.51. The van der Waals surface area contributed by atoms with E-state index in [9.17, 15) is 10.0 Å². The van der Waals surface area contributed by atoms with E-state index < -0.39 is 0 Å². The molecule has 0 heterocycles. The maximum atomic E-state index is 13.5. The number of nitrogens with zero attached hydrogens (tertiary/aromatic N) is 1. The maximum Gasteiger partial charge on any atom is 0.228 e. The summed E-state index contributed by atoms with van der Waals surface area (Å²) in [6.45, 7) is 4.84. The lowest BCUT2D eigenvalue weighted by molar-refractivity contribution is -0.126. The van der Waals surface area contributed by atoms with Gasteiger partial charge in [-0.05, 0) is 98.2 Å². The summed E-state index contributed by atoms with van der Waals surface area (Å²) in [5.74, 6) is 2.90. The quantitative estimate of drug-likeness (QED) is 0.448. The number of carbonyl (C=O) groups excluding carboxylic acids is 1. The topological polar surface area (TPSA) is 70.9 Å². The fourth-order valence-corrected chi connectivity index (χ4v) is 8.05. The third-order valence-corrected chi connectivity index (χ3v) is 9.79. The summed E-state index contributed by atoms with van der Waals surface area (Å²) in [5, 5.41) is 16.0. The van der Waals surface area contributed by atoms with Crippen LogP contribution in [0.15, 0.2) is 41.1 Å². The number of oxime groups is 1. The van der Waals surface area contributed by atoms with Crippen LogP contribution < -0.4 is 10.1 Å². The van der Waals surface area contributed by atoms with Crippen LogP contribution in [-0.2, 0) is 4.79 Å². The number of carbonyl (C=O) groups is 1. The summed E-state index contributed by atoms with van der Waals surface area (Å²) >= 11 is 0. The van der Waals surface area contributed by atoms with Gasteiger partial charge in [-0.15, -0.1) is 0 Å². The van der Waals surface area contributed by atoms with Crippen molar-refractivity contribution in [2.24, 2.45) is 39.7 Å². The highest BCUT2D eigenvalue weighted by Gasteiger charge is 2.60. The molecule has 0 radical (unpaired) electrons. The summed E-state index contributed by atoms with van der Waals surface area (Å²) in [6.07, 6.45) is 10.9. The lowest BCUT2D eigenvalue weighted by Gasteiger charge is -2.58. The molecule has 1 aromatic carbocycles. The van der Waals surface area contributed by atoms with Gasteiger partial charge >= 0.3 is 0 Å². The van der Waals surface area contributed by atoms with Gasteiger partial charge < -0.3 is 15.3 Å². The van der Waals surface area contributed by atoms with E-state index in [0.717, 1.165) is 49.9 Å². The minimum Gasteiger partial charge on any atom is -0.495 e. The molecule has 6 atom stereocenters. The molecule has 4 aliphatic carbocycles. The normalized spacial score (nSPS) is 39.5.